The van der Waals surface area contributed by atoms with Crippen molar-refractivity contribution in [1.29, 1.82) is 0 Å². The minimum absolute atomic E-state index is 0.0696. The molecule has 2 aromatic rings. The molecule has 30 heavy (non-hydrogen) atoms. The Kier molecular flexibility index (Phi) is 5.62. The van der Waals surface area contributed by atoms with E-state index in [0.29, 0.717) is 31.7 Å². The zero-order valence-electron chi connectivity index (χ0n) is 16.2. The molecule has 2 saturated carbocycles. The second kappa shape index (κ2) is 8.20. The summed E-state index contributed by atoms with van der Waals surface area (Å²) in [6.45, 7) is 0.312. The molecule has 2 fully saturated rings. The van der Waals surface area contributed by atoms with E-state index in [0.717, 1.165) is 16.8 Å². The first-order chi connectivity index (χ1) is 14.3. The zero-order valence-corrected chi connectivity index (χ0v) is 16.2. The van der Waals surface area contributed by atoms with E-state index in [1.54, 1.807) is 24.5 Å². The number of carboxylic acids is 1. The standard InChI is InChI=1S/C21H22F3N3O3/c22-21(23,24)15-3-1-12(2-4-15)11-30-19-8-14(10-26-27-19)13-5-6-25-18(7-13)16-9-17(16)20(28)29/h5-8,10,12,15-17H,1-4,9,11H2,(H,28,29)/t12-,15-,16-,17-/m0/s1. The predicted molar refractivity (Wildman–Crippen MR) is 101 cm³/mol. The first-order valence-electron chi connectivity index (χ1n) is 10.0. The topological polar surface area (TPSA) is 85.2 Å². The van der Waals surface area contributed by atoms with E-state index in [1.807, 2.05) is 6.07 Å². The second-order valence-electron chi connectivity index (χ2n) is 8.11. The van der Waals surface area contributed by atoms with Crippen molar-refractivity contribution in [2.45, 2.75) is 44.2 Å². The summed E-state index contributed by atoms with van der Waals surface area (Å²) in [6, 6.07) is 5.39. The van der Waals surface area contributed by atoms with Crippen molar-refractivity contribution in [2.24, 2.45) is 17.8 Å². The zero-order chi connectivity index (χ0) is 21.3. The van der Waals surface area contributed by atoms with Crippen LogP contribution in [0.2, 0.25) is 0 Å². The Morgan fingerprint density at radius 2 is 1.93 bits per heavy atom. The second-order valence-corrected chi connectivity index (χ2v) is 8.11. The van der Waals surface area contributed by atoms with Crippen molar-refractivity contribution in [2.75, 3.05) is 6.61 Å². The highest BCUT2D eigenvalue weighted by molar-refractivity contribution is 5.75. The van der Waals surface area contributed by atoms with Gasteiger partial charge >= 0.3 is 12.1 Å². The molecule has 0 amide bonds. The van der Waals surface area contributed by atoms with Gasteiger partial charge < -0.3 is 9.84 Å². The number of alkyl halides is 3. The summed E-state index contributed by atoms with van der Waals surface area (Å²) >= 11 is 0. The number of carboxylic acid groups (broad SMARTS) is 1. The van der Waals surface area contributed by atoms with Crippen molar-refractivity contribution in [3.63, 3.8) is 0 Å². The van der Waals surface area contributed by atoms with E-state index in [1.165, 1.54) is 0 Å². The molecule has 160 valence electrons. The van der Waals surface area contributed by atoms with E-state index in [2.05, 4.69) is 15.2 Å². The third kappa shape index (κ3) is 4.71. The number of nitrogens with zero attached hydrogens (tertiary/aromatic N) is 3. The quantitative estimate of drug-likeness (QED) is 0.741. The van der Waals surface area contributed by atoms with Crippen LogP contribution in [0.25, 0.3) is 11.1 Å². The van der Waals surface area contributed by atoms with Crippen molar-refractivity contribution in [1.82, 2.24) is 15.2 Å². The Morgan fingerprint density at radius 3 is 2.60 bits per heavy atom. The molecule has 2 aliphatic rings. The van der Waals surface area contributed by atoms with E-state index >= 15 is 0 Å². The van der Waals surface area contributed by atoms with Gasteiger partial charge in [-0.2, -0.15) is 18.3 Å². The number of rotatable bonds is 6. The summed E-state index contributed by atoms with van der Waals surface area (Å²) in [5, 5.41) is 17.0. The van der Waals surface area contributed by atoms with Crippen LogP contribution in [-0.2, 0) is 4.79 Å². The molecule has 0 aromatic carbocycles. The van der Waals surface area contributed by atoms with Crippen LogP contribution in [0.3, 0.4) is 0 Å². The number of halogens is 3. The molecule has 0 unspecified atom stereocenters. The highest BCUT2D eigenvalue weighted by atomic mass is 19.4. The number of carbonyl (C=O) groups is 1. The SMILES string of the molecule is O=C(O)[C@H]1C[C@@H]1c1cc(-c2cnnc(OC[C@H]3CC[C@H](C(F)(F)F)CC3)c2)ccn1. The number of hydrogen-bond donors (Lipinski definition) is 1. The van der Waals surface area contributed by atoms with Crippen LogP contribution in [-0.4, -0.2) is 39.0 Å². The minimum Gasteiger partial charge on any atom is -0.481 e. The molecule has 2 aromatic heterocycles. The average Bonchev–Trinajstić information content (AvgIpc) is 3.54. The number of aliphatic carboxylic acids is 1. The highest BCUT2D eigenvalue weighted by Crippen LogP contribution is 2.47. The molecule has 0 bridgehead atoms. The molecule has 0 radical (unpaired) electrons. The Hall–Kier alpha value is -2.71. The number of aromatic nitrogens is 3. The van der Waals surface area contributed by atoms with Crippen molar-refractivity contribution < 1.29 is 27.8 Å². The molecular formula is C21H22F3N3O3. The fourth-order valence-corrected chi connectivity index (χ4v) is 4.06. The van der Waals surface area contributed by atoms with Gasteiger partial charge in [0.2, 0.25) is 5.88 Å². The molecule has 0 aliphatic heterocycles. The maximum absolute atomic E-state index is 12.8. The lowest BCUT2D eigenvalue weighted by molar-refractivity contribution is -0.184. The molecule has 0 saturated heterocycles. The molecule has 2 atom stereocenters. The summed E-state index contributed by atoms with van der Waals surface area (Å²) in [5.74, 6) is -2.07. The summed E-state index contributed by atoms with van der Waals surface area (Å²) in [7, 11) is 0. The molecule has 2 aliphatic carbocycles. The normalized spacial score (nSPS) is 26.2. The van der Waals surface area contributed by atoms with Gasteiger partial charge in [-0.05, 0) is 55.7 Å². The molecule has 2 heterocycles. The van der Waals surface area contributed by atoms with E-state index < -0.39 is 18.1 Å². The Bertz CT molecular complexity index is 914. The lowest BCUT2D eigenvalue weighted by Gasteiger charge is -2.29. The van der Waals surface area contributed by atoms with Gasteiger partial charge in [0.25, 0.3) is 0 Å². The van der Waals surface area contributed by atoms with Crippen LogP contribution < -0.4 is 4.74 Å². The molecule has 4 rings (SSSR count). The van der Waals surface area contributed by atoms with E-state index in [-0.39, 0.29) is 30.6 Å². The maximum Gasteiger partial charge on any atom is 0.391 e. The van der Waals surface area contributed by atoms with Gasteiger partial charge in [0.05, 0.1) is 24.6 Å². The van der Waals surface area contributed by atoms with Crippen LogP contribution in [0.15, 0.2) is 30.6 Å². The van der Waals surface area contributed by atoms with Gasteiger partial charge in [-0.15, -0.1) is 5.10 Å². The van der Waals surface area contributed by atoms with Crippen LogP contribution in [0.5, 0.6) is 5.88 Å². The van der Waals surface area contributed by atoms with Gasteiger partial charge in [-0.25, -0.2) is 0 Å². The summed E-state index contributed by atoms with van der Waals surface area (Å²) < 4.78 is 44.1. The van der Waals surface area contributed by atoms with Crippen LogP contribution in [0, 0.1) is 17.8 Å². The molecular weight excluding hydrogens is 399 g/mol. The largest absolute Gasteiger partial charge is 0.481 e. The van der Waals surface area contributed by atoms with Gasteiger partial charge in [-0.1, -0.05) is 0 Å². The monoisotopic (exact) mass is 421 g/mol. The lowest BCUT2D eigenvalue weighted by Crippen LogP contribution is -2.29. The fraction of sp³-hybridized carbons (Fsp3) is 0.524. The fourth-order valence-electron chi connectivity index (χ4n) is 4.06. The van der Waals surface area contributed by atoms with Crippen LogP contribution >= 0.6 is 0 Å². The van der Waals surface area contributed by atoms with Gasteiger partial charge in [0.1, 0.15) is 0 Å². The third-order valence-electron chi connectivity index (χ3n) is 6.01. The highest BCUT2D eigenvalue weighted by Gasteiger charge is 2.45. The van der Waals surface area contributed by atoms with Crippen molar-refractivity contribution >= 4 is 5.97 Å². The Morgan fingerprint density at radius 1 is 1.17 bits per heavy atom. The van der Waals surface area contributed by atoms with E-state index in [9.17, 15) is 18.0 Å². The van der Waals surface area contributed by atoms with Crippen molar-refractivity contribution in [3.8, 4) is 17.0 Å². The number of ether oxygens (including phenoxy) is 1. The van der Waals surface area contributed by atoms with Gasteiger partial charge in [0, 0.05) is 29.4 Å². The van der Waals surface area contributed by atoms with Gasteiger partial charge in [-0.3, -0.25) is 9.78 Å². The summed E-state index contributed by atoms with van der Waals surface area (Å²) in [6.07, 6.45) is 0.951. The van der Waals surface area contributed by atoms with E-state index in [4.69, 9.17) is 9.84 Å². The third-order valence-corrected chi connectivity index (χ3v) is 6.01. The predicted octanol–water partition coefficient (Wildman–Crippen LogP) is 4.47. The Balaban J connectivity index is 1.36. The first-order valence-corrected chi connectivity index (χ1v) is 10.0. The number of hydrogen-bond acceptors (Lipinski definition) is 5. The smallest absolute Gasteiger partial charge is 0.391 e. The lowest BCUT2D eigenvalue weighted by atomic mass is 9.82. The molecule has 6 nitrogen and oxygen atoms in total. The van der Waals surface area contributed by atoms with Gasteiger partial charge in [0.15, 0.2) is 0 Å². The average molecular weight is 421 g/mol. The van der Waals surface area contributed by atoms with Crippen molar-refractivity contribution in [3.05, 3.63) is 36.3 Å². The summed E-state index contributed by atoms with van der Waals surface area (Å²) in [4.78, 5) is 15.4. The first kappa shape index (κ1) is 20.6. The summed E-state index contributed by atoms with van der Waals surface area (Å²) in [5.41, 5.74) is 2.33. The Labute approximate surface area is 171 Å². The van der Waals surface area contributed by atoms with Crippen LogP contribution in [0.4, 0.5) is 13.2 Å². The molecule has 1 N–H and O–H groups in total. The number of pyridine rings is 1. The maximum atomic E-state index is 12.8. The molecule has 9 heteroatoms. The molecule has 0 spiro atoms. The minimum atomic E-state index is -4.11. The van der Waals surface area contributed by atoms with Crippen LogP contribution in [0.1, 0.15) is 43.7 Å².